The molecule has 1 aromatic rings. The maximum absolute atomic E-state index is 12.0. The Kier molecular flexibility index (Phi) is 3.04. The van der Waals surface area contributed by atoms with Crippen LogP contribution >= 0.6 is 11.6 Å². The molecule has 0 saturated heterocycles. The van der Waals surface area contributed by atoms with E-state index >= 15 is 0 Å². The first-order valence-corrected chi connectivity index (χ1v) is 5.86. The first-order chi connectivity index (χ1) is 8.06. The molecule has 1 saturated carbocycles. The summed E-state index contributed by atoms with van der Waals surface area (Å²) in [5, 5.41) is 0.600. The number of rotatable bonds is 3. The first-order valence-electron chi connectivity index (χ1n) is 5.48. The fourth-order valence-corrected chi connectivity index (χ4v) is 2.58. The summed E-state index contributed by atoms with van der Waals surface area (Å²) in [7, 11) is 3.00. The molecule has 0 aromatic heterocycles. The quantitative estimate of drug-likeness (QED) is 0.778. The summed E-state index contributed by atoms with van der Waals surface area (Å²) in [5.74, 6) is 0.719. The number of ether oxygens (including phenoxy) is 2. The maximum atomic E-state index is 12.0. The van der Waals surface area contributed by atoms with Gasteiger partial charge in [0.25, 0.3) is 0 Å². The molecule has 0 radical (unpaired) electrons. The number of carbonyl (C=O) groups is 1. The van der Waals surface area contributed by atoms with Gasteiger partial charge < -0.3 is 9.47 Å². The zero-order valence-electron chi connectivity index (χ0n) is 10.1. The van der Waals surface area contributed by atoms with Crippen molar-refractivity contribution in [2.24, 2.45) is 5.92 Å². The second-order valence-electron chi connectivity index (χ2n) is 4.41. The lowest BCUT2D eigenvalue weighted by atomic mass is 9.92. The van der Waals surface area contributed by atoms with E-state index in [4.69, 9.17) is 21.1 Å². The summed E-state index contributed by atoms with van der Waals surface area (Å²) in [6.45, 7) is 2.03. The molecular weight excluding hydrogens is 240 g/mol. The van der Waals surface area contributed by atoms with E-state index in [1.807, 2.05) is 6.92 Å². The lowest BCUT2D eigenvalue weighted by Crippen LogP contribution is -2.24. The van der Waals surface area contributed by atoms with E-state index < -0.39 is 5.41 Å². The number of carbonyl (C=O) groups excluding carboxylic acids is 1. The summed E-state index contributed by atoms with van der Waals surface area (Å²) < 4.78 is 10.2. The van der Waals surface area contributed by atoms with E-state index in [9.17, 15) is 4.79 Å². The molecule has 17 heavy (non-hydrogen) atoms. The van der Waals surface area contributed by atoms with Gasteiger partial charge in [-0.25, -0.2) is 0 Å². The van der Waals surface area contributed by atoms with Crippen LogP contribution in [0.5, 0.6) is 5.75 Å². The van der Waals surface area contributed by atoms with Gasteiger partial charge in [0.15, 0.2) is 0 Å². The molecule has 2 atom stereocenters. The van der Waals surface area contributed by atoms with E-state index in [2.05, 4.69) is 0 Å². The van der Waals surface area contributed by atoms with Crippen LogP contribution in [0.15, 0.2) is 18.2 Å². The minimum absolute atomic E-state index is 0.217. The minimum atomic E-state index is -0.578. The molecule has 0 aliphatic heterocycles. The van der Waals surface area contributed by atoms with Crippen LogP contribution in [-0.4, -0.2) is 20.2 Å². The molecule has 0 amide bonds. The molecule has 2 unspecified atom stereocenters. The predicted molar refractivity (Wildman–Crippen MR) is 65.5 cm³/mol. The Hall–Kier alpha value is -1.22. The first kappa shape index (κ1) is 12.2. The van der Waals surface area contributed by atoms with Crippen LogP contribution in [0.4, 0.5) is 0 Å². The summed E-state index contributed by atoms with van der Waals surface area (Å²) in [5.41, 5.74) is 0.247. The van der Waals surface area contributed by atoms with Gasteiger partial charge in [-0.3, -0.25) is 4.79 Å². The fourth-order valence-electron chi connectivity index (χ4n) is 2.40. The van der Waals surface area contributed by atoms with Crippen molar-refractivity contribution in [1.29, 1.82) is 0 Å². The Morgan fingerprint density at radius 1 is 1.47 bits per heavy atom. The van der Waals surface area contributed by atoms with Gasteiger partial charge in [0.05, 0.1) is 19.6 Å². The van der Waals surface area contributed by atoms with Crippen molar-refractivity contribution < 1.29 is 14.3 Å². The lowest BCUT2D eigenvalue weighted by Gasteiger charge is -2.18. The molecule has 2 rings (SSSR count). The van der Waals surface area contributed by atoms with Gasteiger partial charge in [-0.1, -0.05) is 18.5 Å². The van der Waals surface area contributed by atoms with Crippen LogP contribution in [0, 0.1) is 5.92 Å². The molecule has 1 aliphatic carbocycles. The average molecular weight is 255 g/mol. The second-order valence-corrected chi connectivity index (χ2v) is 4.85. The van der Waals surface area contributed by atoms with Crippen molar-refractivity contribution in [2.75, 3.05) is 14.2 Å². The number of esters is 1. The highest BCUT2D eigenvalue weighted by atomic mass is 35.5. The molecule has 1 aromatic carbocycles. The zero-order chi connectivity index (χ0) is 12.6. The van der Waals surface area contributed by atoms with E-state index in [-0.39, 0.29) is 11.9 Å². The molecule has 0 N–H and O–H groups in total. The Morgan fingerprint density at radius 2 is 2.12 bits per heavy atom. The minimum Gasteiger partial charge on any atom is -0.496 e. The highest BCUT2D eigenvalue weighted by Gasteiger charge is 2.61. The van der Waals surface area contributed by atoms with Gasteiger partial charge >= 0.3 is 5.97 Å². The van der Waals surface area contributed by atoms with Crippen molar-refractivity contribution in [3.8, 4) is 5.75 Å². The Bertz CT molecular complexity index is 458. The summed E-state index contributed by atoms with van der Waals surface area (Å²) in [6, 6.07) is 5.33. The number of hydrogen-bond acceptors (Lipinski definition) is 3. The SMILES string of the molecule is COC(=O)C1(c2cc(Cl)ccc2OC)CC1C. The van der Waals surface area contributed by atoms with E-state index in [0.29, 0.717) is 10.8 Å². The third-order valence-electron chi connectivity index (χ3n) is 3.50. The fraction of sp³-hybridized carbons (Fsp3) is 0.462. The molecule has 1 fully saturated rings. The van der Waals surface area contributed by atoms with Crippen LogP contribution in [0.25, 0.3) is 0 Å². The van der Waals surface area contributed by atoms with Crippen molar-refractivity contribution in [3.05, 3.63) is 28.8 Å². The summed E-state index contributed by atoms with van der Waals surface area (Å²) in [4.78, 5) is 12.0. The molecule has 4 heteroatoms. The Labute approximate surface area is 106 Å². The average Bonchev–Trinajstić information content (AvgIpc) is 3.01. The molecule has 0 bridgehead atoms. The van der Waals surface area contributed by atoms with Crippen molar-refractivity contribution in [2.45, 2.75) is 18.8 Å². The van der Waals surface area contributed by atoms with Gasteiger partial charge in [0, 0.05) is 10.6 Å². The summed E-state index contributed by atoms with van der Waals surface area (Å²) >= 11 is 6.00. The van der Waals surface area contributed by atoms with Crippen LogP contribution in [0.3, 0.4) is 0 Å². The monoisotopic (exact) mass is 254 g/mol. The highest BCUT2D eigenvalue weighted by Crippen LogP contribution is 2.57. The Morgan fingerprint density at radius 3 is 2.59 bits per heavy atom. The van der Waals surface area contributed by atoms with Crippen LogP contribution in [0.2, 0.25) is 5.02 Å². The van der Waals surface area contributed by atoms with Gasteiger partial charge in [0.1, 0.15) is 5.75 Å². The van der Waals surface area contributed by atoms with E-state index in [1.54, 1.807) is 25.3 Å². The van der Waals surface area contributed by atoms with E-state index in [0.717, 1.165) is 12.0 Å². The van der Waals surface area contributed by atoms with Crippen molar-refractivity contribution in [1.82, 2.24) is 0 Å². The molecule has 92 valence electrons. The molecule has 1 aliphatic rings. The number of hydrogen-bond donors (Lipinski definition) is 0. The van der Waals surface area contributed by atoms with Crippen LogP contribution in [-0.2, 0) is 14.9 Å². The highest BCUT2D eigenvalue weighted by molar-refractivity contribution is 6.30. The Balaban J connectivity index is 2.52. The molecule has 0 heterocycles. The normalized spacial score (nSPS) is 26.5. The lowest BCUT2D eigenvalue weighted by molar-refractivity contribution is -0.144. The van der Waals surface area contributed by atoms with Gasteiger partial charge in [-0.15, -0.1) is 0 Å². The second kappa shape index (κ2) is 4.22. The van der Waals surface area contributed by atoms with Gasteiger partial charge in [0.2, 0.25) is 0 Å². The zero-order valence-corrected chi connectivity index (χ0v) is 10.9. The standard InChI is InChI=1S/C13H15ClO3/c1-8-7-13(8,12(15)17-3)10-6-9(14)4-5-11(10)16-2/h4-6,8H,7H2,1-3H3. The third kappa shape index (κ3) is 1.78. The topological polar surface area (TPSA) is 35.5 Å². The predicted octanol–water partition coefficient (Wildman–Crippen LogP) is 2.80. The largest absolute Gasteiger partial charge is 0.496 e. The van der Waals surface area contributed by atoms with Crippen molar-refractivity contribution >= 4 is 17.6 Å². The smallest absolute Gasteiger partial charge is 0.316 e. The van der Waals surface area contributed by atoms with Crippen molar-refractivity contribution in [3.63, 3.8) is 0 Å². The maximum Gasteiger partial charge on any atom is 0.316 e. The van der Waals surface area contributed by atoms with Crippen LogP contribution in [0.1, 0.15) is 18.9 Å². The number of halogens is 1. The molecular formula is C13H15ClO3. The third-order valence-corrected chi connectivity index (χ3v) is 3.74. The molecule has 0 spiro atoms. The van der Waals surface area contributed by atoms with Crippen LogP contribution < -0.4 is 4.74 Å². The van der Waals surface area contributed by atoms with E-state index in [1.165, 1.54) is 7.11 Å². The summed E-state index contributed by atoms with van der Waals surface area (Å²) in [6.07, 6.45) is 0.774. The molecule has 3 nitrogen and oxygen atoms in total. The van der Waals surface area contributed by atoms with Gasteiger partial charge in [-0.2, -0.15) is 0 Å². The number of benzene rings is 1. The number of methoxy groups -OCH3 is 2. The van der Waals surface area contributed by atoms with Gasteiger partial charge in [-0.05, 0) is 30.5 Å².